The zero-order valence-corrected chi connectivity index (χ0v) is 19.2. The van der Waals surface area contributed by atoms with Crippen LogP contribution in [0.1, 0.15) is 29.5 Å². The molecule has 1 unspecified atom stereocenters. The number of carboxylic acids is 1. The first-order valence-electron chi connectivity index (χ1n) is 11.4. The van der Waals surface area contributed by atoms with Crippen LogP contribution in [-0.2, 0) is 26.3 Å². The smallest absolute Gasteiger partial charge is 0.410 e. The number of carbonyl (C=O) groups is 2. The average molecular weight is 460 g/mol. The Labute approximate surface area is 199 Å². The average Bonchev–Trinajstić information content (AvgIpc) is 3.30. The molecule has 0 bridgehead atoms. The summed E-state index contributed by atoms with van der Waals surface area (Å²) in [6.45, 7) is 0.510. The second-order valence-corrected chi connectivity index (χ2v) is 8.59. The van der Waals surface area contributed by atoms with Crippen LogP contribution in [-0.4, -0.2) is 47.9 Å². The van der Waals surface area contributed by atoms with E-state index in [9.17, 15) is 14.7 Å². The standard InChI is InChI=1S/C28H29NO5/c1-33-25-17-24(29(19-25)27(32)34-20-21-11-5-2-6-12-21)18-28(26(30)31,22-13-7-3-8-14-22)23-15-9-4-10-16-23/h2-16,24-25H,17-20H2,1H3,(H,30,31)/t24?,25-/m0/s1. The van der Waals surface area contributed by atoms with Crippen LogP contribution in [0.15, 0.2) is 91.0 Å². The van der Waals surface area contributed by atoms with Crippen molar-refractivity contribution in [1.29, 1.82) is 0 Å². The van der Waals surface area contributed by atoms with Crippen molar-refractivity contribution >= 4 is 12.1 Å². The molecule has 0 radical (unpaired) electrons. The zero-order chi connectivity index (χ0) is 24.0. The number of aliphatic carboxylic acids is 1. The van der Waals surface area contributed by atoms with Crippen LogP contribution in [0.5, 0.6) is 0 Å². The van der Waals surface area contributed by atoms with Crippen LogP contribution in [0.25, 0.3) is 0 Å². The van der Waals surface area contributed by atoms with E-state index in [1.54, 1.807) is 12.0 Å². The molecule has 1 aliphatic rings. The molecule has 2 atom stereocenters. The normalized spacial score (nSPS) is 18.0. The molecular weight excluding hydrogens is 430 g/mol. The Bertz CT molecular complexity index is 1050. The van der Waals surface area contributed by atoms with Gasteiger partial charge in [-0.3, -0.25) is 4.79 Å². The van der Waals surface area contributed by atoms with Crippen molar-refractivity contribution in [2.24, 2.45) is 0 Å². The van der Waals surface area contributed by atoms with E-state index in [4.69, 9.17) is 9.47 Å². The molecule has 0 spiro atoms. The van der Waals surface area contributed by atoms with Crippen molar-refractivity contribution in [3.05, 3.63) is 108 Å². The molecule has 4 rings (SSSR count). The van der Waals surface area contributed by atoms with Crippen molar-refractivity contribution in [2.75, 3.05) is 13.7 Å². The second-order valence-electron chi connectivity index (χ2n) is 8.59. The first-order chi connectivity index (χ1) is 16.5. The molecule has 1 saturated heterocycles. The van der Waals surface area contributed by atoms with Gasteiger partial charge >= 0.3 is 12.1 Å². The van der Waals surface area contributed by atoms with Crippen molar-refractivity contribution in [3.63, 3.8) is 0 Å². The van der Waals surface area contributed by atoms with E-state index in [2.05, 4.69) is 0 Å². The highest BCUT2D eigenvalue weighted by Gasteiger charge is 2.48. The first kappa shape index (κ1) is 23.5. The summed E-state index contributed by atoms with van der Waals surface area (Å²) in [4.78, 5) is 27.7. The molecular formula is C28H29NO5. The van der Waals surface area contributed by atoms with Crippen LogP contribution < -0.4 is 0 Å². The Morgan fingerprint density at radius 2 is 1.44 bits per heavy atom. The topological polar surface area (TPSA) is 76.1 Å². The summed E-state index contributed by atoms with van der Waals surface area (Å²) in [6, 6.07) is 27.6. The predicted octanol–water partition coefficient (Wildman–Crippen LogP) is 4.87. The van der Waals surface area contributed by atoms with Gasteiger partial charge in [0.05, 0.1) is 12.6 Å². The molecule has 1 aliphatic heterocycles. The molecule has 1 N–H and O–H groups in total. The number of nitrogens with zero attached hydrogens (tertiary/aromatic N) is 1. The van der Waals surface area contributed by atoms with Crippen LogP contribution in [0.3, 0.4) is 0 Å². The monoisotopic (exact) mass is 459 g/mol. The summed E-state index contributed by atoms with van der Waals surface area (Å²) in [5, 5.41) is 10.6. The Morgan fingerprint density at radius 3 is 1.94 bits per heavy atom. The summed E-state index contributed by atoms with van der Waals surface area (Å²) >= 11 is 0. The number of hydrogen-bond donors (Lipinski definition) is 1. The molecule has 34 heavy (non-hydrogen) atoms. The number of hydrogen-bond acceptors (Lipinski definition) is 4. The second kappa shape index (κ2) is 10.5. The molecule has 0 aromatic heterocycles. The van der Waals surface area contributed by atoms with Crippen LogP contribution >= 0.6 is 0 Å². The Hall–Kier alpha value is -3.64. The van der Waals surface area contributed by atoms with Gasteiger partial charge in [-0.1, -0.05) is 91.0 Å². The molecule has 176 valence electrons. The third-order valence-corrected chi connectivity index (χ3v) is 6.59. The Morgan fingerprint density at radius 1 is 0.912 bits per heavy atom. The predicted molar refractivity (Wildman–Crippen MR) is 128 cm³/mol. The lowest BCUT2D eigenvalue weighted by molar-refractivity contribution is -0.143. The number of benzene rings is 3. The fourth-order valence-electron chi connectivity index (χ4n) is 4.80. The minimum absolute atomic E-state index is 0.155. The lowest BCUT2D eigenvalue weighted by Gasteiger charge is -2.35. The minimum Gasteiger partial charge on any atom is -0.480 e. The SMILES string of the molecule is CO[C@H]1CC(CC(C(=O)O)(c2ccccc2)c2ccccc2)N(C(=O)OCc2ccccc2)C1. The van der Waals surface area contributed by atoms with Gasteiger partial charge < -0.3 is 19.5 Å². The van der Waals surface area contributed by atoms with Crippen LogP contribution in [0, 0.1) is 0 Å². The van der Waals surface area contributed by atoms with Gasteiger partial charge in [-0.25, -0.2) is 4.79 Å². The molecule has 1 fully saturated rings. The maximum atomic E-state index is 13.1. The van der Waals surface area contributed by atoms with E-state index in [1.807, 2.05) is 91.0 Å². The minimum atomic E-state index is -1.33. The molecule has 3 aromatic rings. The highest BCUT2D eigenvalue weighted by molar-refractivity contribution is 5.86. The summed E-state index contributed by atoms with van der Waals surface area (Å²) in [7, 11) is 1.61. The molecule has 0 aliphatic carbocycles. The lowest BCUT2D eigenvalue weighted by atomic mass is 9.70. The van der Waals surface area contributed by atoms with Gasteiger partial charge in [0, 0.05) is 13.2 Å². The molecule has 6 nitrogen and oxygen atoms in total. The molecule has 3 aromatic carbocycles. The highest BCUT2D eigenvalue weighted by Crippen LogP contribution is 2.41. The van der Waals surface area contributed by atoms with Gasteiger partial charge in [-0.15, -0.1) is 0 Å². The Balaban J connectivity index is 1.66. The maximum absolute atomic E-state index is 13.1. The Kier molecular flexibility index (Phi) is 7.28. The largest absolute Gasteiger partial charge is 0.480 e. The number of likely N-dealkylation sites (tertiary alicyclic amines) is 1. The van der Waals surface area contributed by atoms with E-state index in [1.165, 1.54) is 0 Å². The maximum Gasteiger partial charge on any atom is 0.410 e. The number of amides is 1. The van der Waals surface area contributed by atoms with Gasteiger partial charge in [-0.2, -0.15) is 0 Å². The quantitative estimate of drug-likeness (QED) is 0.520. The first-order valence-corrected chi connectivity index (χ1v) is 11.4. The number of carboxylic acid groups (broad SMARTS) is 1. The van der Waals surface area contributed by atoms with Gasteiger partial charge in [0.2, 0.25) is 0 Å². The van der Waals surface area contributed by atoms with Gasteiger partial charge in [0.25, 0.3) is 0 Å². The van der Waals surface area contributed by atoms with Gasteiger partial charge in [-0.05, 0) is 29.5 Å². The fraction of sp³-hybridized carbons (Fsp3) is 0.286. The zero-order valence-electron chi connectivity index (χ0n) is 19.2. The fourth-order valence-corrected chi connectivity index (χ4v) is 4.80. The van der Waals surface area contributed by atoms with Gasteiger partial charge in [0.15, 0.2) is 0 Å². The van der Waals surface area contributed by atoms with Crippen LogP contribution in [0.2, 0.25) is 0 Å². The summed E-state index contributed by atoms with van der Waals surface area (Å²) < 4.78 is 11.2. The number of carbonyl (C=O) groups excluding carboxylic acids is 1. The number of ether oxygens (including phenoxy) is 2. The summed E-state index contributed by atoms with van der Waals surface area (Å²) in [5.41, 5.74) is 0.913. The third-order valence-electron chi connectivity index (χ3n) is 6.59. The van der Waals surface area contributed by atoms with E-state index in [0.717, 1.165) is 5.56 Å². The summed E-state index contributed by atoms with van der Waals surface area (Å²) in [6.07, 6.45) is 0.0867. The number of methoxy groups -OCH3 is 1. The lowest BCUT2D eigenvalue weighted by Crippen LogP contribution is -2.45. The van der Waals surface area contributed by atoms with Gasteiger partial charge in [0.1, 0.15) is 12.0 Å². The number of rotatable bonds is 8. The van der Waals surface area contributed by atoms with Crippen molar-refractivity contribution < 1.29 is 24.2 Å². The van der Waals surface area contributed by atoms with Crippen molar-refractivity contribution in [2.45, 2.75) is 37.0 Å². The summed E-state index contributed by atoms with van der Waals surface area (Å²) in [5.74, 6) is -0.955. The van der Waals surface area contributed by atoms with E-state index >= 15 is 0 Å². The van der Waals surface area contributed by atoms with E-state index in [-0.39, 0.29) is 25.2 Å². The molecule has 0 saturated carbocycles. The van der Waals surface area contributed by atoms with Crippen molar-refractivity contribution in [1.82, 2.24) is 4.90 Å². The highest BCUT2D eigenvalue weighted by atomic mass is 16.6. The van der Waals surface area contributed by atoms with E-state index in [0.29, 0.717) is 24.1 Å². The van der Waals surface area contributed by atoms with E-state index < -0.39 is 17.5 Å². The molecule has 1 amide bonds. The third kappa shape index (κ3) is 4.82. The van der Waals surface area contributed by atoms with Crippen molar-refractivity contribution in [3.8, 4) is 0 Å². The molecule has 1 heterocycles. The van der Waals surface area contributed by atoms with Crippen LogP contribution in [0.4, 0.5) is 4.79 Å². The molecule has 6 heteroatoms.